The molecular formula is C16H18ClNO2S2. The first-order valence-electron chi connectivity index (χ1n) is 7.42. The molecule has 0 bridgehead atoms. The van der Waals surface area contributed by atoms with Crippen LogP contribution in [0.5, 0.6) is 0 Å². The first kappa shape index (κ1) is 16.0. The van der Waals surface area contributed by atoms with Crippen molar-refractivity contribution in [2.24, 2.45) is 0 Å². The number of thiophene rings is 2. The molecule has 118 valence electrons. The van der Waals surface area contributed by atoms with E-state index < -0.39 is 12.0 Å². The zero-order chi connectivity index (χ0) is 15.7. The molecule has 1 aliphatic heterocycles. The molecule has 0 aliphatic carbocycles. The monoisotopic (exact) mass is 355 g/mol. The van der Waals surface area contributed by atoms with E-state index in [0.717, 1.165) is 35.0 Å². The van der Waals surface area contributed by atoms with Gasteiger partial charge in [0.2, 0.25) is 0 Å². The summed E-state index contributed by atoms with van der Waals surface area (Å²) in [6, 6.07) is 7.81. The summed E-state index contributed by atoms with van der Waals surface area (Å²) in [7, 11) is 0. The maximum Gasteiger partial charge on any atom is 0.320 e. The standard InChI is InChI=1S/C16H18ClNO2S2/c1-2-10-5-6-12(21-10)15(13-7-8-14(17)22-13)18-9-3-4-11(18)16(19)20/h5-8,11,15H,2-4,9H2,1H3,(H,19,20). The lowest BCUT2D eigenvalue weighted by Gasteiger charge is -2.29. The normalized spacial score (nSPS) is 20.4. The molecule has 2 unspecified atom stereocenters. The van der Waals surface area contributed by atoms with Gasteiger partial charge in [0.1, 0.15) is 6.04 Å². The van der Waals surface area contributed by atoms with Gasteiger partial charge in [-0.05, 0) is 43.5 Å². The number of aliphatic carboxylic acids is 1. The zero-order valence-electron chi connectivity index (χ0n) is 12.3. The third kappa shape index (κ3) is 3.08. The number of carbonyl (C=O) groups is 1. The van der Waals surface area contributed by atoms with Crippen LogP contribution >= 0.6 is 34.3 Å². The number of likely N-dealkylation sites (tertiary alicyclic amines) is 1. The molecule has 0 saturated carbocycles. The molecule has 3 heterocycles. The van der Waals surface area contributed by atoms with Crippen molar-refractivity contribution in [3.8, 4) is 0 Å². The number of nitrogens with zero attached hydrogens (tertiary/aromatic N) is 1. The van der Waals surface area contributed by atoms with Gasteiger partial charge in [-0.15, -0.1) is 22.7 Å². The Kier molecular flexibility index (Phi) is 4.88. The minimum Gasteiger partial charge on any atom is -0.480 e. The van der Waals surface area contributed by atoms with Gasteiger partial charge in [-0.2, -0.15) is 0 Å². The molecule has 3 rings (SSSR count). The predicted octanol–water partition coefficient (Wildman–Crippen LogP) is 4.66. The summed E-state index contributed by atoms with van der Waals surface area (Å²) >= 11 is 9.44. The number of carboxylic acids is 1. The second-order valence-corrected chi connectivity index (χ2v) is 8.38. The first-order valence-corrected chi connectivity index (χ1v) is 9.43. The quantitative estimate of drug-likeness (QED) is 0.847. The molecule has 0 radical (unpaired) electrons. The van der Waals surface area contributed by atoms with Crippen molar-refractivity contribution in [1.29, 1.82) is 0 Å². The van der Waals surface area contributed by atoms with E-state index in [1.54, 1.807) is 22.7 Å². The highest BCUT2D eigenvalue weighted by Crippen LogP contribution is 2.41. The van der Waals surface area contributed by atoms with Gasteiger partial charge in [0, 0.05) is 21.2 Å². The van der Waals surface area contributed by atoms with Crippen LogP contribution < -0.4 is 0 Å². The Hall–Kier alpha value is -0.880. The highest BCUT2D eigenvalue weighted by Gasteiger charge is 2.37. The van der Waals surface area contributed by atoms with Crippen LogP contribution in [0.15, 0.2) is 24.3 Å². The molecule has 0 aromatic carbocycles. The molecule has 1 N–H and O–H groups in total. The van der Waals surface area contributed by atoms with Crippen molar-refractivity contribution in [2.75, 3.05) is 6.54 Å². The molecule has 1 saturated heterocycles. The van der Waals surface area contributed by atoms with Crippen LogP contribution in [-0.4, -0.2) is 28.6 Å². The van der Waals surface area contributed by atoms with Gasteiger partial charge in [0.05, 0.1) is 10.4 Å². The summed E-state index contributed by atoms with van der Waals surface area (Å²) in [6.45, 7) is 2.96. The Morgan fingerprint density at radius 2 is 2.09 bits per heavy atom. The minimum atomic E-state index is -0.725. The van der Waals surface area contributed by atoms with Gasteiger partial charge in [-0.3, -0.25) is 9.69 Å². The summed E-state index contributed by atoms with van der Waals surface area (Å²) in [5.41, 5.74) is 0. The minimum absolute atomic E-state index is 0.00593. The second kappa shape index (κ2) is 6.71. The topological polar surface area (TPSA) is 40.5 Å². The number of carboxylic acid groups (broad SMARTS) is 1. The van der Waals surface area contributed by atoms with Crippen molar-refractivity contribution in [2.45, 2.75) is 38.3 Å². The SMILES string of the molecule is CCc1ccc(C(c2ccc(Cl)s2)N2CCCC2C(=O)O)s1. The van der Waals surface area contributed by atoms with E-state index in [-0.39, 0.29) is 6.04 Å². The Bertz CT molecular complexity index is 667. The van der Waals surface area contributed by atoms with E-state index in [9.17, 15) is 9.90 Å². The number of hydrogen-bond acceptors (Lipinski definition) is 4. The maximum absolute atomic E-state index is 11.6. The summed E-state index contributed by atoms with van der Waals surface area (Å²) in [5, 5.41) is 9.52. The van der Waals surface area contributed by atoms with Crippen molar-refractivity contribution in [3.63, 3.8) is 0 Å². The van der Waals surface area contributed by atoms with E-state index in [0.29, 0.717) is 0 Å². The van der Waals surface area contributed by atoms with Crippen LogP contribution in [-0.2, 0) is 11.2 Å². The third-order valence-electron chi connectivity index (χ3n) is 4.07. The Morgan fingerprint density at radius 1 is 1.36 bits per heavy atom. The second-order valence-electron chi connectivity index (χ2n) is 5.44. The Morgan fingerprint density at radius 3 is 2.68 bits per heavy atom. The lowest BCUT2D eigenvalue weighted by atomic mass is 10.1. The number of halogens is 1. The van der Waals surface area contributed by atoms with Crippen LogP contribution in [0.3, 0.4) is 0 Å². The van der Waals surface area contributed by atoms with Crippen LogP contribution in [0.2, 0.25) is 4.34 Å². The molecule has 3 nitrogen and oxygen atoms in total. The van der Waals surface area contributed by atoms with Gasteiger partial charge in [-0.1, -0.05) is 18.5 Å². The molecule has 0 spiro atoms. The van der Waals surface area contributed by atoms with Crippen molar-refractivity contribution in [1.82, 2.24) is 4.90 Å². The van der Waals surface area contributed by atoms with Crippen molar-refractivity contribution in [3.05, 3.63) is 43.2 Å². The summed E-state index contributed by atoms with van der Waals surface area (Å²) in [4.78, 5) is 17.4. The molecule has 2 aromatic rings. The van der Waals surface area contributed by atoms with Crippen LogP contribution in [0.1, 0.15) is 40.4 Å². The molecule has 2 atom stereocenters. The molecule has 6 heteroatoms. The average Bonchev–Trinajstić information content (AvgIpc) is 3.20. The fraction of sp³-hybridized carbons (Fsp3) is 0.438. The lowest BCUT2D eigenvalue weighted by Crippen LogP contribution is -2.38. The number of aryl methyl sites for hydroxylation is 1. The fourth-order valence-electron chi connectivity index (χ4n) is 3.04. The molecule has 1 aliphatic rings. The van der Waals surface area contributed by atoms with Gasteiger partial charge >= 0.3 is 5.97 Å². The summed E-state index contributed by atoms with van der Waals surface area (Å²) < 4.78 is 0.748. The van der Waals surface area contributed by atoms with E-state index in [4.69, 9.17) is 11.6 Å². The fourth-order valence-corrected chi connectivity index (χ4v) is 5.41. The van der Waals surface area contributed by atoms with Crippen molar-refractivity contribution < 1.29 is 9.90 Å². The Labute approximate surface area is 143 Å². The van der Waals surface area contributed by atoms with Crippen LogP contribution in [0, 0.1) is 0 Å². The van der Waals surface area contributed by atoms with E-state index in [1.165, 1.54) is 9.75 Å². The van der Waals surface area contributed by atoms with Crippen molar-refractivity contribution >= 4 is 40.2 Å². The largest absolute Gasteiger partial charge is 0.480 e. The summed E-state index contributed by atoms with van der Waals surface area (Å²) in [5.74, 6) is -0.725. The van der Waals surface area contributed by atoms with Crippen LogP contribution in [0.25, 0.3) is 0 Å². The van der Waals surface area contributed by atoms with Gasteiger partial charge in [0.25, 0.3) is 0 Å². The molecular weight excluding hydrogens is 338 g/mol. The van der Waals surface area contributed by atoms with Gasteiger partial charge in [-0.25, -0.2) is 0 Å². The predicted molar refractivity (Wildman–Crippen MR) is 92.2 cm³/mol. The molecule has 2 aromatic heterocycles. The highest BCUT2D eigenvalue weighted by atomic mass is 35.5. The highest BCUT2D eigenvalue weighted by molar-refractivity contribution is 7.16. The number of rotatable bonds is 5. The van der Waals surface area contributed by atoms with Crippen LogP contribution in [0.4, 0.5) is 0 Å². The van der Waals surface area contributed by atoms with E-state index >= 15 is 0 Å². The maximum atomic E-state index is 11.6. The summed E-state index contributed by atoms with van der Waals surface area (Å²) in [6.07, 6.45) is 2.65. The smallest absolute Gasteiger partial charge is 0.320 e. The molecule has 1 fully saturated rings. The van der Waals surface area contributed by atoms with E-state index in [1.807, 2.05) is 12.1 Å². The molecule has 0 amide bonds. The first-order chi connectivity index (χ1) is 10.6. The zero-order valence-corrected chi connectivity index (χ0v) is 14.7. The lowest BCUT2D eigenvalue weighted by molar-refractivity contribution is -0.142. The average molecular weight is 356 g/mol. The Balaban J connectivity index is 2.01. The van der Waals surface area contributed by atoms with E-state index in [2.05, 4.69) is 24.0 Å². The third-order valence-corrected chi connectivity index (χ3v) is 6.64. The molecule has 22 heavy (non-hydrogen) atoms. The van der Waals surface area contributed by atoms with Gasteiger partial charge < -0.3 is 5.11 Å². The number of hydrogen-bond donors (Lipinski definition) is 1. The van der Waals surface area contributed by atoms with Gasteiger partial charge in [0.15, 0.2) is 0 Å².